The summed E-state index contributed by atoms with van der Waals surface area (Å²) in [4.78, 5) is 46.0. The van der Waals surface area contributed by atoms with Crippen molar-refractivity contribution in [2.24, 2.45) is 23.7 Å². The van der Waals surface area contributed by atoms with E-state index in [2.05, 4.69) is 37.6 Å². The number of unbranched alkanes of at least 4 members (excludes halogenated alkanes) is 4. The summed E-state index contributed by atoms with van der Waals surface area (Å²) in [6.45, 7) is 16.0. The van der Waals surface area contributed by atoms with Crippen LogP contribution in [-0.2, 0) is 19.2 Å². The van der Waals surface area contributed by atoms with Gasteiger partial charge in [-0.1, -0.05) is 107 Å². The van der Waals surface area contributed by atoms with E-state index in [1.807, 2.05) is 27.7 Å². The summed E-state index contributed by atoms with van der Waals surface area (Å²) in [5.74, 6) is -3.02. The second kappa shape index (κ2) is 40.0. The summed E-state index contributed by atoms with van der Waals surface area (Å²) in [5, 5.41) is 34.4. The summed E-state index contributed by atoms with van der Waals surface area (Å²) in [5.41, 5.74) is 0. The first-order valence-corrected chi connectivity index (χ1v) is 27.9. The molecule has 44 heavy (non-hydrogen) atoms. The van der Waals surface area contributed by atoms with Crippen molar-refractivity contribution in [1.82, 2.24) is 0 Å². The van der Waals surface area contributed by atoms with Gasteiger partial charge in [0.2, 0.25) is 0 Å². The maximum absolute atomic E-state index is 10.4. The monoisotopic (exact) mass is 762 g/mol. The van der Waals surface area contributed by atoms with Gasteiger partial charge in [0.05, 0.1) is 23.7 Å². The molecule has 0 aromatic carbocycles. The van der Waals surface area contributed by atoms with Crippen molar-refractivity contribution in [1.29, 1.82) is 0 Å². The van der Waals surface area contributed by atoms with Gasteiger partial charge in [0.15, 0.2) is 0 Å². The number of rotatable bonds is 20. The fourth-order valence-electron chi connectivity index (χ4n) is 3.81. The third kappa shape index (κ3) is 43.1. The number of halogens is 1. The predicted molar refractivity (Wildman–Crippen MR) is 188 cm³/mol. The Kier molecular flexibility index (Phi) is 47.7. The molecule has 266 valence electrons. The summed E-state index contributed by atoms with van der Waals surface area (Å²) < 4.78 is 0. The number of aliphatic carboxylic acids is 4. The zero-order valence-electron chi connectivity index (χ0n) is 30.0. The fourth-order valence-corrected chi connectivity index (χ4v) is 3.81. The van der Waals surface area contributed by atoms with Gasteiger partial charge in [0.1, 0.15) is 0 Å². The van der Waals surface area contributed by atoms with Crippen molar-refractivity contribution in [3.05, 3.63) is 0 Å². The van der Waals surface area contributed by atoms with Gasteiger partial charge in [0.25, 0.3) is 0 Å². The van der Waals surface area contributed by atoms with E-state index < -0.39 is 42.5 Å². The van der Waals surface area contributed by atoms with Gasteiger partial charge in [-0.2, -0.15) is 0 Å². The van der Waals surface area contributed by atoms with E-state index in [1.54, 1.807) is 0 Å². The molecule has 0 fully saturated rings. The molecule has 0 aliphatic carbocycles. The van der Waals surface area contributed by atoms with E-state index in [4.69, 9.17) is 29.3 Å². The molecule has 0 aromatic heterocycles. The molecule has 8 nitrogen and oxygen atoms in total. The molecule has 0 heterocycles. The van der Waals surface area contributed by atoms with Crippen LogP contribution >= 0.6 is 8.92 Å². The molecule has 4 N–H and O–H groups in total. The van der Waals surface area contributed by atoms with E-state index in [9.17, 15) is 19.2 Å². The number of hydrogen-bond acceptors (Lipinski definition) is 4. The van der Waals surface area contributed by atoms with Crippen LogP contribution in [0.25, 0.3) is 0 Å². The van der Waals surface area contributed by atoms with Crippen LogP contribution in [0.3, 0.4) is 0 Å². The molecule has 0 amide bonds. The first kappa shape index (κ1) is 52.5. The van der Waals surface area contributed by atoms with Crippen LogP contribution in [0.2, 0.25) is 9.88 Å². The van der Waals surface area contributed by atoms with Crippen molar-refractivity contribution in [2.75, 3.05) is 0 Å². The maximum atomic E-state index is 10.4. The molecule has 0 aliphatic rings. The van der Waals surface area contributed by atoms with E-state index in [1.165, 1.54) is 0 Å². The normalized spacial score (nSPS) is 12.6. The van der Waals surface area contributed by atoms with Gasteiger partial charge in [-0.15, -0.1) is 0 Å². The van der Waals surface area contributed by atoms with E-state index in [-0.39, 0.29) is 23.7 Å². The second-order valence-corrected chi connectivity index (χ2v) is 23.0. The Morgan fingerprint density at radius 3 is 0.659 bits per heavy atom. The first-order valence-electron chi connectivity index (χ1n) is 17.2. The quantitative estimate of drug-likeness (QED) is 0.0896. The topological polar surface area (TPSA) is 149 Å². The Morgan fingerprint density at radius 2 is 0.591 bits per heavy atom. The fraction of sp³-hybridized carbons (Fsp3) is 0.882. The van der Waals surface area contributed by atoms with Gasteiger partial charge in [-0.3, -0.25) is 19.2 Å². The molecule has 4 atom stereocenters. The molecular formula is C34H71ClO8Sn. The zero-order chi connectivity index (χ0) is 35.5. The summed E-state index contributed by atoms with van der Waals surface area (Å²) >= 11 is -1.16. The van der Waals surface area contributed by atoms with E-state index >= 15 is 0 Å². The van der Waals surface area contributed by atoms with Crippen LogP contribution in [0.15, 0.2) is 0 Å². The van der Waals surface area contributed by atoms with E-state index in [0.29, 0.717) is 0 Å². The van der Waals surface area contributed by atoms with Gasteiger partial charge in [-0.25, -0.2) is 0 Å². The van der Waals surface area contributed by atoms with Crippen molar-refractivity contribution < 1.29 is 39.6 Å². The standard InChI is InChI=1S/4C8H16O2.2CH3.ClH.Sn.H/c4*1-3-5-6-7(4-2)8(9)10;;;;;/h4*7H,3-6H2,1-2H3,(H,9,10);2*1H3;1H;;/q;;;;;;;+1;/p-1. The minimum atomic E-state index is -1.16. The minimum absolute atomic E-state index is 0.111. The molecule has 0 spiro atoms. The molecule has 0 aliphatic heterocycles. The second-order valence-electron chi connectivity index (χ2n) is 11.4. The molecular weight excluding hydrogens is 691 g/mol. The van der Waals surface area contributed by atoms with Crippen LogP contribution in [0.1, 0.15) is 158 Å². The predicted octanol–water partition coefficient (Wildman–Crippen LogP) is 10.4. The van der Waals surface area contributed by atoms with Crippen molar-refractivity contribution >= 4 is 51.4 Å². The van der Waals surface area contributed by atoms with Gasteiger partial charge >= 0.3 is 61.3 Å². The molecule has 10 heteroatoms. The third-order valence-corrected chi connectivity index (χ3v) is 6.99. The molecule has 0 saturated carbocycles. The molecule has 4 unspecified atom stereocenters. The van der Waals surface area contributed by atoms with Crippen LogP contribution in [0.4, 0.5) is 0 Å². The first-order chi connectivity index (χ1) is 20.6. The molecule has 0 aromatic rings. The van der Waals surface area contributed by atoms with Crippen LogP contribution in [0.5, 0.6) is 0 Å². The number of carbonyl (C=O) groups is 4. The molecule has 0 bridgehead atoms. The Morgan fingerprint density at radius 1 is 0.455 bits per heavy atom. The molecule has 0 radical (unpaired) electrons. The number of carboxylic acids is 4. The third-order valence-electron chi connectivity index (χ3n) is 6.99. The summed E-state index contributed by atoms with van der Waals surface area (Å²) in [7, 11) is 5.48. The van der Waals surface area contributed by atoms with Gasteiger partial charge in [0, 0.05) is 0 Å². The van der Waals surface area contributed by atoms with Crippen LogP contribution in [0, 0.1) is 23.7 Å². The van der Waals surface area contributed by atoms with Gasteiger partial charge < -0.3 is 20.4 Å². The Balaban J connectivity index is -0.000000147. The Labute approximate surface area is 281 Å². The SMILES string of the molecule is CCCCC(CC)C(=O)O.CCCCC(CC)C(=O)O.CCCCC(CC)C(=O)O.CCCCC(CC)C(=O)O.[CH3][SnH]([CH3])[Cl]. The summed E-state index contributed by atoms with van der Waals surface area (Å²) in [6.07, 6.45) is 14.9. The average molecular weight is 762 g/mol. The zero-order valence-corrected chi connectivity index (χ0v) is 34.1. The molecule has 0 rings (SSSR count). The Bertz CT molecular complexity index is 554. The van der Waals surface area contributed by atoms with Crippen molar-refractivity contribution in [3.63, 3.8) is 0 Å². The Hall–Kier alpha value is -1.03. The van der Waals surface area contributed by atoms with E-state index in [0.717, 1.165) is 103 Å². The van der Waals surface area contributed by atoms with Crippen LogP contribution < -0.4 is 0 Å². The van der Waals surface area contributed by atoms with Crippen molar-refractivity contribution in [2.45, 2.75) is 168 Å². The number of hydrogen-bond donors (Lipinski definition) is 4. The number of carboxylic acid groups (broad SMARTS) is 4. The summed E-state index contributed by atoms with van der Waals surface area (Å²) in [6, 6.07) is 0. The molecule has 0 saturated heterocycles. The average Bonchev–Trinajstić information content (AvgIpc) is 2.95. The van der Waals surface area contributed by atoms with Gasteiger partial charge in [-0.05, 0) is 51.4 Å². The van der Waals surface area contributed by atoms with Crippen LogP contribution in [-0.4, -0.2) is 62.9 Å². The van der Waals surface area contributed by atoms with Crippen molar-refractivity contribution in [3.8, 4) is 0 Å².